The number of ether oxygens (including phenoxy) is 1. The van der Waals surface area contributed by atoms with Crippen molar-refractivity contribution < 1.29 is 24.5 Å². The quantitative estimate of drug-likeness (QED) is 0.505. The molecule has 1 aliphatic heterocycles. The van der Waals surface area contributed by atoms with Gasteiger partial charge < -0.3 is 24.7 Å². The third kappa shape index (κ3) is 9.76. The highest BCUT2D eigenvalue weighted by Gasteiger charge is 2.17. The third-order valence-electron chi connectivity index (χ3n) is 5.44. The normalized spacial score (nSPS) is 15.3. The molecule has 1 aromatic carbocycles. The summed E-state index contributed by atoms with van der Waals surface area (Å²) in [6.07, 6.45) is 3.51. The van der Waals surface area contributed by atoms with Gasteiger partial charge >= 0.3 is 11.9 Å². The minimum atomic E-state index is -1.82. The van der Waals surface area contributed by atoms with Crippen LogP contribution in [-0.4, -0.2) is 78.3 Å². The van der Waals surface area contributed by atoms with E-state index in [1.54, 1.807) is 0 Å². The van der Waals surface area contributed by atoms with Gasteiger partial charge in [-0.2, -0.15) is 0 Å². The van der Waals surface area contributed by atoms with Crippen LogP contribution in [0.2, 0.25) is 0 Å². The zero-order valence-electron chi connectivity index (χ0n) is 18.2. The Hall–Kier alpha value is -2.12. The summed E-state index contributed by atoms with van der Waals surface area (Å²) in [5.74, 6) is -2.65. The molecule has 0 aliphatic carbocycles. The second kappa shape index (κ2) is 12.4. The van der Waals surface area contributed by atoms with Crippen LogP contribution in [0.25, 0.3) is 0 Å². The summed E-state index contributed by atoms with van der Waals surface area (Å²) in [7, 11) is 2.21. The van der Waals surface area contributed by atoms with E-state index in [2.05, 4.69) is 61.9 Å². The van der Waals surface area contributed by atoms with Crippen LogP contribution in [0, 0.1) is 0 Å². The second-order valence-electron chi connectivity index (χ2n) is 8.07. The maximum absolute atomic E-state index is 9.10. The first-order valence-corrected chi connectivity index (χ1v) is 10.3. The Kier molecular flexibility index (Phi) is 10.7. The van der Waals surface area contributed by atoms with E-state index in [4.69, 9.17) is 24.5 Å². The average molecular weight is 409 g/mol. The van der Waals surface area contributed by atoms with Crippen molar-refractivity contribution in [3.05, 3.63) is 29.8 Å². The smallest absolute Gasteiger partial charge is 0.414 e. The van der Waals surface area contributed by atoms with Crippen molar-refractivity contribution in [2.45, 2.75) is 45.4 Å². The van der Waals surface area contributed by atoms with Crippen LogP contribution in [0.4, 0.5) is 0 Å². The Bertz CT molecular complexity index is 611. The number of likely N-dealkylation sites (N-methyl/N-ethyl adjacent to an activating group) is 1. The lowest BCUT2D eigenvalue weighted by atomic mass is 9.82. The van der Waals surface area contributed by atoms with Crippen LogP contribution in [0.3, 0.4) is 0 Å². The predicted octanol–water partition coefficient (Wildman–Crippen LogP) is 2.94. The van der Waals surface area contributed by atoms with Gasteiger partial charge in [-0.3, -0.25) is 0 Å². The molecule has 0 aromatic heterocycles. The molecular weight excluding hydrogens is 372 g/mol. The van der Waals surface area contributed by atoms with E-state index >= 15 is 0 Å². The van der Waals surface area contributed by atoms with E-state index in [1.165, 1.54) is 44.7 Å². The van der Waals surface area contributed by atoms with E-state index < -0.39 is 11.9 Å². The van der Waals surface area contributed by atoms with Crippen molar-refractivity contribution in [1.82, 2.24) is 9.80 Å². The molecule has 1 fully saturated rings. The fourth-order valence-corrected chi connectivity index (χ4v) is 2.91. The average Bonchev–Trinajstić information content (AvgIpc) is 2.70. The van der Waals surface area contributed by atoms with Gasteiger partial charge in [0, 0.05) is 26.2 Å². The lowest BCUT2D eigenvalue weighted by molar-refractivity contribution is -0.159. The largest absolute Gasteiger partial charge is 0.494 e. The molecule has 0 unspecified atom stereocenters. The molecule has 2 rings (SSSR count). The van der Waals surface area contributed by atoms with Gasteiger partial charge in [-0.15, -0.1) is 0 Å². The van der Waals surface area contributed by atoms with Crippen LogP contribution in [0.1, 0.15) is 45.6 Å². The molecule has 0 radical (unpaired) electrons. The summed E-state index contributed by atoms with van der Waals surface area (Å²) in [6, 6.07) is 8.66. The first-order chi connectivity index (χ1) is 13.7. The maximum Gasteiger partial charge on any atom is 0.414 e. The monoisotopic (exact) mass is 408 g/mol. The fraction of sp³-hybridized carbons (Fsp3) is 0.636. The van der Waals surface area contributed by atoms with E-state index in [-0.39, 0.29) is 5.41 Å². The molecule has 7 heteroatoms. The highest BCUT2D eigenvalue weighted by atomic mass is 16.5. The Morgan fingerprint density at radius 3 is 2.03 bits per heavy atom. The number of carbonyl (C=O) groups is 2. The van der Waals surface area contributed by atoms with Crippen molar-refractivity contribution >= 4 is 11.9 Å². The molecule has 164 valence electrons. The van der Waals surface area contributed by atoms with Gasteiger partial charge in [-0.05, 0) is 56.0 Å². The van der Waals surface area contributed by atoms with Crippen molar-refractivity contribution in [3.8, 4) is 5.75 Å². The number of nitrogens with zero attached hydrogens (tertiary/aromatic N) is 2. The fourth-order valence-electron chi connectivity index (χ4n) is 2.91. The van der Waals surface area contributed by atoms with Gasteiger partial charge in [0.1, 0.15) is 5.75 Å². The molecule has 0 bridgehead atoms. The molecule has 1 saturated heterocycles. The Morgan fingerprint density at radius 2 is 1.55 bits per heavy atom. The Morgan fingerprint density at radius 1 is 1.00 bits per heavy atom. The van der Waals surface area contributed by atoms with E-state index in [9.17, 15) is 0 Å². The molecule has 0 spiro atoms. The topological polar surface area (TPSA) is 90.3 Å². The van der Waals surface area contributed by atoms with Crippen molar-refractivity contribution in [1.29, 1.82) is 0 Å². The number of benzene rings is 1. The number of piperazine rings is 1. The number of carboxylic acid groups (broad SMARTS) is 2. The minimum Gasteiger partial charge on any atom is -0.494 e. The van der Waals surface area contributed by atoms with Gasteiger partial charge in [-0.25, -0.2) is 9.59 Å². The number of hydrogen-bond acceptors (Lipinski definition) is 5. The predicted molar refractivity (Wildman–Crippen MR) is 114 cm³/mol. The van der Waals surface area contributed by atoms with Crippen molar-refractivity contribution in [2.75, 3.05) is 46.4 Å². The first kappa shape index (κ1) is 24.9. The van der Waals surface area contributed by atoms with Crippen LogP contribution >= 0.6 is 0 Å². The Labute approximate surface area is 174 Å². The van der Waals surface area contributed by atoms with Crippen LogP contribution in [0.5, 0.6) is 5.75 Å². The zero-order chi connectivity index (χ0) is 21.9. The van der Waals surface area contributed by atoms with E-state index in [1.807, 2.05) is 0 Å². The van der Waals surface area contributed by atoms with Gasteiger partial charge in [0.25, 0.3) is 0 Å². The third-order valence-corrected chi connectivity index (χ3v) is 5.44. The van der Waals surface area contributed by atoms with E-state index in [0.717, 1.165) is 25.2 Å². The molecule has 1 heterocycles. The number of hydrogen-bond donors (Lipinski definition) is 2. The number of aliphatic carboxylic acids is 2. The summed E-state index contributed by atoms with van der Waals surface area (Å²) >= 11 is 0. The SMILES string of the molecule is CCC(C)(C)c1ccc(OCCCCN2CCN(C)CC2)cc1.O=C(O)C(=O)O. The molecule has 7 nitrogen and oxygen atoms in total. The molecule has 0 atom stereocenters. The second-order valence-corrected chi connectivity index (χ2v) is 8.07. The highest BCUT2D eigenvalue weighted by molar-refractivity contribution is 6.27. The van der Waals surface area contributed by atoms with Crippen molar-refractivity contribution in [2.24, 2.45) is 0 Å². The van der Waals surface area contributed by atoms with Crippen LogP contribution in [-0.2, 0) is 15.0 Å². The molecule has 29 heavy (non-hydrogen) atoms. The lowest BCUT2D eigenvalue weighted by Gasteiger charge is -2.32. The molecule has 0 saturated carbocycles. The van der Waals surface area contributed by atoms with Crippen molar-refractivity contribution in [3.63, 3.8) is 0 Å². The summed E-state index contributed by atoms with van der Waals surface area (Å²) in [5.41, 5.74) is 1.64. The van der Waals surface area contributed by atoms with Gasteiger partial charge in [0.05, 0.1) is 6.61 Å². The lowest BCUT2D eigenvalue weighted by Crippen LogP contribution is -2.44. The first-order valence-electron chi connectivity index (χ1n) is 10.3. The van der Waals surface area contributed by atoms with Gasteiger partial charge in [0.2, 0.25) is 0 Å². The highest BCUT2D eigenvalue weighted by Crippen LogP contribution is 2.28. The molecule has 0 amide bonds. The Balaban J connectivity index is 0.000000612. The molecule has 1 aromatic rings. The maximum atomic E-state index is 9.10. The van der Waals surface area contributed by atoms with Gasteiger partial charge in [-0.1, -0.05) is 32.9 Å². The van der Waals surface area contributed by atoms with Gasteiger partial charge in [0.15, 0.2) is 0 Å². The molecule has 1 aliphatic rings. The standard InChI is InChI=1S/C20H34N2O.C2H2O4/c1-5-20(2,3)18-8-10-19(11-9-18)23-17-7-6-12-22-15-13-21(4)14-16-22;3-1(4)2(5)6/h8-11H,5-7,12-17H2,1-4H3;(H,3,4)(H,5,6). The summed E-state index contributed by atoms with van der Waals surface area (Å²) < 4.78 is 5.89. The number of unbranched alkanes of at least 4 members (excludes halogenated alkanes) is 1. The van der Waals surface area contributed by atoms with Crippen LogP contribution in [0.15, 0.2) is 24.3 Å². The number of rotatable bonds is 8. The minimum absolute atomic E-state index is 0.251. The summed E-state index contributed by atoms with van der Waals surface area (Å²) in [5, 5.41) is 14.8. The summed E-state index contributed by atoms with van der Waals surface area (Å²) in [4.78, 5) is 23.2. The zero-order valence-corrected chi connectivity index (χ0v) is 18.2. The molecular formula is C22H36N2O5. The summed E-state index contributed by atoms with van der Waals surface area (Å²) in [6.45, 7) is 13.7. The van der Waals surface area contributed by atoms with Crippen LogP contribution < -0.4 is 4.74 Å². The molecule has 2 N–H and O–H groups in total. The van der Waals surface area contributed by atoms with E-state index in [0.29, 0.717) is 0 Å². The number of carboxylic acids is 2.